The Morgan fingerprint density at radius 3 is 2.73 bits per heavy atom. The molecule has 0 aliphatic rings. The molecular formula is C12H18FNO. The van der Waals surface area contributed by atoms with Crippen molar-refractivity contribution in [3.8, 4) is 5.75 Å². The fourth-order valence-electron chi connectivity index (χ4n) is 1.38. The highest BCUT2D eigenvalue weighted by atomic mass is 19.1. The molecule has 0 aliphatic carbocycles. The summed E-state index contributed by atoms with van der Waals surface area (Å²) in [6.45, 7) is 3.25. The van der Waals surface area contributed by atoms with Crippen LogP contribution in [0.15, 0.2) is 18.2 Å². The van der Waals surface area contributed by atoms with Gasteiger partial charge in [0.25, 0.3) is 0 Å². The maximum absolute atomic E-state index is 12.8. The van der Waals surface area contributed by atoms with E-state index in [1.807, 2.05) is 6.92 Å². The fourth-order valence-corrected chi connectivity index (χ4v) is 1.38. The fraction of sp³-hybridized carbons (Fsp3) is 0.500. The molecule has 1 rings (SSSR count). The first-order valence-corrected chi connectivity index (χ1v) is 5.33. The number of unbranched alkanes of at least 4 members (excludes halogenated alkanes) is 2. The van der Waals surface area contributed by atoms with Crippen molar-refractivity contribution in [2.75, 3.05) is 13.2 Å². The third-order valence-electron chi connectivity index (χ3n) is 2.24. The van der Waals surface area contributed by atoms with Crippen LogP contribution in [0.25, 0.3) is 0 Å². The summed E-state index contributed by atoms with van der Waals surface area (Å²) in [5.74, 6) is 0.548. The number of ether oxygens (including phenoxy) is 1. The van der Waals surface area contributed by atoms with Crippen LogP contribution in [0.4, 0.5) is 4.39 Å². The molecule has 0 aromatic heterocycles. The number of hydrogen-bond donors (Lipinski definition) is 1. The average Bonchev–Trinajstić information content (AvgIpc) is 2.20. The largest absolute Gasteiger partial charge is 0.493 e. The topological polar surface area (TPSA) is 35.2 Å². The second-order valence-corrected chi connectivity index (χ2v) is 3.61. The van der Waals surface area contributed by atoms with Crippen LogP contribution in [-0.4, -0.2) is 13.2 Å². The van der Waals surface area contributed by atoms with Crippen LogP contribution >= 0.6 is 0 Å². The smallest absolute Gasteiger partial charge is 0.123 e. The molecule has 0 atom stereocenters. The lowest BCUT2D eigenvalue weighted by Crippen LogP contribution is -2.02. The molecule has 0 radical (unpaired) electrons. The zero-order valence-electron chi connectivity index (χ0n) is 9.13. The van der Waals surface area contributed by atoms with E-state index in [2.05, 4.69) is 0 Å². The number of hydrogen-bond acceptors (Lipinski definition) is 2. The standard InChI is InChI=1S/C12H18FNO/c1-10-9-11(13)5-6-12(10)15-8-4-2-3-7-14/h5-6,9H,2-4,7-8,14H2,1H3. The Hall–Kier alpha value is -1.09. The Bertz CT molecular complexity index is 302. The van der Waals surface area contributed by atoms with Gasteiger partial charge in [-0.05, 0) is 56.5 Å². The molecule has 0 aliphatic heterocycles. The van der Waals surface area contributed by atoms with E-state index >= 15 is 0 Å². The Kier molecular flexibility index (Phi) is 5.12. The second-order valence-electron chi connectivity index (χ2n) is 3.61. The van der Waals surface area contributed by atoms with Gasteiger partial charge in [0.15, 0.2) is 0 Å². The highest BCUT2D eigenvalue weighted by molar-refractivity contribution is 5.32. The van der Waals surface area contributed by atoms with Crippen molar-refractivity contribution in [2.45, 2.75) is 26.2 Å². The Morgan fingerprint density at radius 1 is 1.27 bits per heavy atom. The SMILES string of the molecule is Cc1cc(F)ccc1OCCCCCN. The van der Waals surface area contributed by atoms with Gasteiger partial charge >= 0.3 is 0 Å². The highest BCUT2D eigenvalue weighted by Gasteiger charge is 2.00. The van der Waals surface area contributed by atoms with E-state index in [4.69, 9.17) is 10.5 Å². The van der Waals surface area contributed by atoms with Crippen molar-refractivity contribution in [1.82, 2.24) is 0 Å². The molecule has 1 aromatic rings. The summed E-state index contributed by atoms with van der Waals surface area (Å²) in [5.41, 5.74) is 6.22. The minimum absolute atomic E-state index is 0.219. The van der Waals surface area contributed by atoms with E-state index in [1.165, 1.54) is 12.1 Å². The first-order valence-electron chi connectivity index (χ1n) is 5.33. The van der Waals surface area contributed by atoms with E-state index in [1.54, 1.807) is 6.07 Å². The van der Waals surface area contributed by atoms with Gasteiger partial charge in [-0.25, -0.2) is 4.39 Å². The first kappa shape index (κ1) is 12.0. The van der Waals surface area contributed by atoms with Crippen molar-refractivity contribution in [2.24, 2.45) is 5.73 Å². The van der Waals surface area contributed by atoms with Crippen molar-refractivity contribution in [1.29, 1.82) is 0 Å². The Labute approximate surface area is 90.2 Å². The number of rotatable bonds is 6. The molecule has 3 heteroatoms. The Balaban J connectivity index is 2.31. The van der Waals surface area contributed by atoms with Crippen LogP contribution in [0, 0.1) is 12.7 Å². The van der Waals surface area contributed by atoms with E-state index in [9.17, 15) is 4.39 Å². The van der Waals surface area contributed by atoms with Gasteiger partial charge in [-0.3, -0.25) is 0 Å². The van der Waals surface area contributed by atoms with Crippen LogP contribution in [0.5, 0.6) is 5.75 Å². The zero-order chi connectivity index (χ0) is 11.1. The van der Waals surface area contributed by atoms with Crippen LogP contribution < -0.4 is 10.5 Å². The predicted molar refractivity (Wildman–Crippen MR) is 59.5 cm³/mol. The molecule has 0 spiro atoms. The van der Waals surface area contributed by atoms with Crippen molar-refractivity contribution < 1.29 is 9.13 Å². The number of halogens is 1. The molecule has 1 aromatic carbocycles. The van der Waals surface area contributed by atoms with Crippen LogP contribution in [0.2, 0.25) is 0 Å². The van der Waals surface area contributed by atoms with Crippen LogP contribution in [0.1, 0.15) is 24.8 Å². The van der Waals surface area contributed by atoms with Gasteiger partial charge in [0, 0.05) is 0 Å². The maximum atomic E-state index is 12.8. The number of benzene rings is 1. The van der Waals surface area contributed by atoms with Gasteiger partial charge in [-0.2, -0.15) is 0 Å². The lowest BCUT2D eigenvalue weighted by Gasteiger charge is -2.08. The molecule has 0 bridgehead atoms. The average molecular weight is 211 g/mol. The van der Waals surface area contributed by atoms with Gasteiger partial charge in [0.1, 0.15) is 11.6 Å². The number of nitrogens with two attached hydrogens (primary N) is 1. The summed E-state index contributed by atoms with van der Waals surface area (Å²) >= 11 is 0. The molecule has 0 unspecified atom stereocenters. The molecule has 84 valence electrons. The van der Waals surface area contributed by atoms with Crippen molar-refractivity contribution in [3.05, 3.63) is 29.6 Å². The van der Waals surface area contributed by atoms with Crippen molar-refractivity contribution in [3.63, 3.8) is 0 Å². The lowest BCUT2D eigenvalue weighted by atomic mass is 10.2. The molecule has 2 nitrogen and oxygen atoms in total. The summed E-state index contributed by atoms with van der Waals surface area (Å²) < 4.78 is 18.3. The van der Waals surface area contributed by atoms with Crippen molar-refractivity contribution >= 4 is 0 Å². The first-order chi connectivity index (χ1) is 7.24. The van der Waals surface area contributed by atoms with Gasteiger partial charge in [0.05, 0.1) is 6.61 Å². The normalized spacial score (nSPS) is 10.3. The quantitative estimate of drug-likeness (QED) is 0.734. The molecule has 0 saturated carbocycles. The summed E-state index contributed by atoms with van der Waals surface area (Å²) in [6, 6.07) is 4.57. The van der Waals surface area contributed by atoms with E-state index < -0.39 is 0 Å². The molecule has 15 heavy (non-hydrogen) atoms. The van der Waals surface area contributed by atoms with Gasteiger partial charge in [0.2, 0.25) is 0 Å². The summed E-state index contributed by atoms with van der Waals surface area (Å²) in [4.78, 5) is 0. The van der Waals surface area contributed by atoms with E-state index in [0.29, 0.717) is 6.61 Å². The van der Waals surface area contributed by atoms with E-state index in [0.717, 1.165) is 37.1 Å². The lowest BCUT2D eigenvalue weighted by molar-refractivity contribution is 0.303. The summed E-state index contributed by atoms with van der Waals surface area (Å²) in [5, 5.41) is 0. The van der Waals surface area contributed by atoms with Crippen LogP contribution in [0.3, 0.4) is 0 Å². The minimum atomic E-state index is -0.219. The molecular weight excluding hydrogens is 193 g/mol. The Morgan fingerprint density at radius 2 is 2.07 bits per heavy atom. The summed E-state index contributed by atoms with van der Waals surface area (Å²) in [7, 11) is 0. The maximum Gasteiger partial charge on any atom is 0.123 e. The minimum Gasteiger partial charge on any atom is -0.493 e. The molecule has 0 heterocycles. The van der Waals surface area contributed by atoms with Crippen LogP contribution in [-0.2, 0) is 0 Å². The molecule has 0 amide bonds. The molecule has 0 fully saturated rings. The zero-order valence-corrected chi connectivity index (χ0v) is 9.13. The van der Waals surface area contributed by atoms with Gasteiger partial charge < -0.3 is 10.5 Å². The van der Waals surface area contributed by atoms with Gasteiger partial charge in [-0.15, -0.1) is 0 Å². The third-order valence-corrected chi connectivity index (χ3v) is 2.24. The second kappa shape index (κ2) is 6.40. The predicted octanol–water partition coefficient (Wildman–Crippen LogP) is 2.64. The number of aryl methyl sites for hydroxylation is 1. The van der Waals surface area contributed by atoms with Gasteiger partial charge in [-0.1, -0.05) is 0 Å². The molecule has 0 saturated heterocycles. The monoisotopic (exact) mass is 211 g/mol. The third kappa shape index (κ3) is 4.30. The molecule has 2 N–H and O–H groups in total. The van der Waals surface area contributed by atoms with E-state index in [-0.39, 0.29) is 5.82 Å². The highest BCUT2D eigenvalue weighted by Crippen LogP contribution is 2.18. The summed E-state index contributed by atoms with van der Waals surface area (Å²) in [6.07, 6.45) is 3.11.